The van der Waals surface area contributed by atoms with Gasteiger partial charge in [0, 0.05) is 33.6 Å². The Bertz CT molecular complexity index is 812. The second-order valence-electron chi connectivity index (χ2n) is 5.28. The molecule has 0 radical (unpaired) electrons. The zero-order valence-electron chi connectivity index (χ0n) is 12.9. The summed E-state index contributed by atoms with van der Waals surface area (Å²) in [5.74, 6) is 0.842. The monoisotopic (exact) mass is 331 g/mol. The highest BCUT2D eigenvalue weighted by Crippen LogP contribution is 2.14. The van der Waals surface area contributed by atoms with Gasteiger partial charge in [0.15, 0.2) is 0 Å². The van der Waals surface area contributed by atoms with Gasteiger partial charge in [-0.25, -0.2) is 4.79 Å². The standard InChI is InChI=1S/C14H17N7OS/c1-20(8-10-3-4-11-12(7-10)19-23-18-11)14(22)15-6-5-13-17-16-9-21(13)2/h3-4,7,9H,5-6,8H2,1-2H3,(H,15,22). The minimum Gasteiger partial charge on any atom is -0.338 e. The van der Waals surface area contributed by atoms with Crippen molar-refractivity contribution in [3.05, 3.63) is 35.9 Å². The van der Waals surface area contributed by atoms with Gasteiger partial charge in [-0.2, -0.15) is 8.75 Å². The minimum atomic E-state index is -0.122. The number of carbonyl (C=O) groups is 1. The second kappa shape index (κ2) is 6.69. The Hall–Kier alpha value is -2.55. The molecule has 2 aromatic heterocycles. The van der Waals surface area contributed by atoms with Gasteiger partial charge in [-0.1, -0.05) is 6.07 Å². The highest BCUT2D eigenvalue weighted by molar-refractivity contribution is 7.00. The summed E-state index contributed by atoms with van der Waals surface area (Å²) in [6.45, 7) is 1.04. The smallest absolute Gasteiger partial charge is 0.317 e. The largest absolute Gasteiger partial charge is 0.338 e. The van der Waals surface area contributed by atoms with Crippen LogP contribution in [0.2, 0.25) is 0 Å². The lowest BCUT2D eigenvalue weighted by molar-refractivity contribution is 0.207. The molecule has 2 amide bonds. The molecule has 1 N–H and O–H groups in total. The molecule has 0 fully saturated rings. The second-order valence-corrected chi connectivity index (χ2v) is 5.81. The molecule has 23 heavy (non-hydrogen) atoms. The van der Waals surface area contributed by atoms with Crippen LogP contribution in [0.15, 0.2) is 24.5 Å². The van der Waals surface area contributed by atoms with Crippen molar-refractivity contribution in [2.45, 2.75) is 13.0 Å². The topological polar surface area (TPSA) is 88.8 Å². The molecular formula is C14H17N7OS. The number of nitrogens with zero attached hydrogens (tertiary/aromatic N) is 6. The molecule has 0 spiro atoms. The van der Waals surface area contributed by atoms with Gasteiger partial charge in [-0.3, -0.25) is 0 Å². The average molecular weight is 331 g/mol. The Morgan fingerprint density at radius 1 is 1.35 bits per heavy atom. The summed E-state index contributed by atoms with van der Waals surface area (Å²) in [5.41, 5.74) is 2.77. The molecule has 0 unspecified atom stereocenters. The van der Waals surface area contributed by atoms with E-state index in [0.717, 1.165) is 22.4 Å². The summed E-state index contributed by atoms with van der Waals surface area (Å²) < 4.78 is 10.2. The number of hydrogen-bond donors (Lipinski definition) is 1. The molecule has 3 rings (SSSR count). The predicted octanol–water partition coefficient (Wildman–Crippen LogP) is 1.20. The molecule has 0 aliphatic heterocycles. The summed E-state index contributed by atoms with van der Waals surface area (Å²) in [6.07, 6.45) is 2.29. The van der Waals surface area contributed by atoms with E-state index < -0.39 is 0 Å². The molecule has 8 nitrogen and oxygen atoms in total. The molecule has 2 heterocycles. The van der Waals surface area contributed by atoms with Crippen LogP contribution in [0.25, 0.3) is 11.0 Å². The van der Waals surface area contributed by atoms with Crippen LogP contribution in [-0.2, 0) is 20.0 Å². The summed E-state index contributed by atoms with van der Waals surface area (Å²) in [6, 6.07) is 5.73. The number of urea groups is 1. The first-order valence-electron chi connectivity index (χ1n) is 7.16. The van der Waals surface area contributed by atoms with E-state index in [2.05, 4.69) is 24.3 Å². The number of amides is 2. The number of nitrogens with one attached hydrogen (secondary N) is 1. The molecular weight excluding hydrogens is 314 g/mol. The van der Waals surface area contributed by atoms with E-state index in [-0.39, 0.29) is 6.03 Å². The molecule has 3 aromatic rings. The van der Waals surface area contributed by atoms with Crippen molar-refractivity contribution in [2.24, 2.45) is 7.05 Å². The predicted molar refractivity (Wildman–Crippen MR) is 87.0 cm³/mol. The van der Waals surface area contributed by atoms with E-state index in [0.29, 0.717) is 19.5 Å². The zero-order chi connectivity index (χ0) is 16.2. The lowest BCUT2D eigenvalue weighted by Crippen LogP contribution is -2.38. The first-order valence-corrected chi connectivity index (χ1v) is 7.89. The van der Waals surface area contributed by atoms with E-state index in [4.69, 9.17) is 0 Å². The SMILES string of the molecule is CN(Cc1ccc2nsnc2c1)C(=O)NCCc1nncn1C. The first-order chi connectivity index (χ1) is 11.1. The Kier molecular flexibility index (Phi) is 4.47. The average Bonchev–Trinajstić information content (AvgIpc) is 3.15. The fourth-order valence-corrected chi connectivity index (χ4v) is 2.74. The lowest BCUT2D eigenvalue weighted by Gasteiger charge is -2.18. The van der Waals surface area contributed by atoms with Crippen LogP contribution in [0.5, 0.6) is 0 Å². The van der Waals surface area contributed by atoms with E-state index in [1.807, 2.05) is 29.8 Å². The number of fused-ring (bicyclic) bond motifs is 1. The van der Waals surface area contributed by atoms with Gasteiger partial charge in [0.25, 0.3) is 0 Å². The maximum absolute atomic E-state index is 12.1. The Labute approximate surface area is 137 Å². The van der Waals surface area contributed by atoms with Crippen LogP contribution < -0.4 is 5.32 Å². The van der Waals surface area contributed by atoms with E-state index in [9.17, 15) is 4.79 Å². The maximum atomic E-state index is 12.1. The first kappa shape index (κ1) is 15.3. The number of rotatable bonds is 5. The van der Waals surface area contributed by atoms with Crippen molar-refractivity contribution in [1.82, 2.24) is 33.7 Å². The van der Waals surface area contributed by atoms with Crippen LogP contribution in [0, 0.1) is 0 Å². The van der Waals surface area contributed by atoms with Gasteiger partial charge in [0.05, 0.1) is 11.7 Å². The van der Waals surface area contributed by atoms with Crippen LogP contribution in [0.4, 0.5) is 4.79 Å². The number of aromatic nitrogens is 5. The molecule has 9 heteroatoms. The van der Waals surface area contributed by atoms with Crippen molar-refractivity contribution in [3.63, 3.8) is 0 Å². The molecule has 0 atom stereocenters. The number of benzene rings is 1. The highest BCUT2D eigenvalue weighted by Gasteiger charge is 2.10. The fraction of sp³-hybridized carbons (Fsp3) is 0.357. The van der Waals surface area contributed by atoms with E-state index in [1.54, 1.807) is 18.3 Å². The van der Waals surface area contributed by atoms with Gasteiger partial charge in [-0.15, -0.1) is 10.2 Å². The minimum absolute atomic E-state index is 0.122. The van der Waals surface area contributed by atoms with Crippen molar-refractivity contribution in [1.29, 1.82) is 0 Å². The zero-order valence-corrected chi connectivity index (χ0v) is 13.7. The Morgan fingerprint density at radius 2 is 2.17 bits per heavy atom. The summed E-state index contributed by atoms with van der Waals surface area (Å²) >= 11 is 1.19. The molecule has 1 aromatic carbocycles. The van der Waals surface area contributed by atoms with Crippen LogP contribution in [0.1, 0.15) is 11.4 Å². The number of hydrogen-bond acceptors (Lipinski definition) is 6. The van der Waals surface area contributed by atoms with Crippen LogP contribution in [0.3, 0.4) is 0 Å². The summed E-state index contributed by atoms with van der Waals surface area (Å²) in [4.78, 5) is 13.8. The summed E-state index contributed by atoms with van der Waals surface area (Å²) in [7, 11) is 3.65. The molecule has 0 aliphatic carbocycles. The van der Waals surface area contributed by atoms with Gasteiger partial charge < -0.3 is 14.8 Å². The Morgan fingerprint density at radius 3 is 2.96 bits per heavy atom. The Balaban J connectivity index is 1.51. The lowest BCUT2D eigenvalue weighted by atomic mass is 10.2. The van der Waals surface area contributed by atoms with Gasteiger partial charge in [-0.05, 0) is 17.7 Å². The van der Waals surface area contributed by atoms with Crippen molar-refractivity contribution in [3.8, 4) is 0 Å². The van der Waals surface area contributed by atoms with Crippen LogP contribution >= 0.6 is 11.7 Å². The number of carbonyl (C=O) groups excluding carboxylic acids is 1. The summed E-state index contributed by atoms with van der Waals surface area (Å²) in [5, 5.41) is 10.7. The van der Waals surface area contributed by atoms with Gasteiger partial charge in [0.2, 0.25) is 0 Å². The highest BCUT2D eigenvalue weighted by atomic mass is 32.1. The third-order valence-corrected chi connectivity index (χ3v) is 4.07. The van der Waals surface area contributed by atoms with E-state index in [1.165, 1.54) is 11.7 Å². The van der Waals surface area contributed by atoms with E-state index >= 15 is 0 Å². The third-order valence-electron chi connectivity index (χ3n) is 3.51. The van der Waals surface area contributed by atoms with Gasteiger partial charge >= 0.3 is 6.03 Å². The van der Waals surface area contributed by atoms with Crippen molar-refractivity contribution >= 4 is 28.8 Å². The van der Waals surface area contributed by atoms with Gasteiger partial charge in [0.1, 0.15) is 23.2 Å². The molecule has 120 valence electrons. The molecule has 0 saturated carbocycles. The quantitative estimate of drug-likeness (QED) is 0.759. The normalized spacial score (nSPS) is 10.9. The number of aryl methyl sites for hydroxylation is 1. The fourth-order valence-electron chi connectivity index (χ4n) is 2.22. The maximum Gasteiger partial charge on any atom is 0.317 e. The third kappa shape index (κ3) is 3.62. The van der Waals surface area contributed by atoms with Crippen molar-refractivity contribution < 1.29 is 4.79 Å². The molecule has 0 bridgehead atoms. The molecule has 0 saturated heterocycles. The molecule has 0 aliphatic rings. The van der Waals surface area contributed by atoms with Crippen molar-refractivity contribution in [2.75, 3.05) is 13.6 Å². The van der Waals surface area contributed by atoms with Crippen LogP contribution in [-0.4, -0.2) is 48.0 Å².